The van der Waals surface area contributed by atoms with Crippen LogP contribution >= 0.6 is 0 Å². The fourth-order valence-corrected chi connectivity index (χ4v) is 4.18. The predicted molar refractivity (Wildman–Crippen MR) is 76.0 cm³/mol. The first-order valence-electron chi connectivity index (χ1n) is 6.82. The molecule has 0 aromatic carbocycles. The Morgan fingerprint density at radius 2 is 2.19 bits per heavy atom. The number of aromatic carboxylic acids is 1. The van der Waals surface area contributed by atoms with Crippen LogP contribution in [0.4, 0.5) is 0 Å². The highest BCUT2D eigenvalue weighted by Crippen LogP contribution is 2.23. The molecule has 0 radical (unpaired) electrons. The molecule has 7 nitrogen and oxygen atoms in total. The summed E-state index contributed by atoms with van der Waals surface area (Å²) in [6, 6.07) is 0. The molecule has 2 rings (SSSR count). The van der Waals surface area contributed by atoms with Crippen LogP contribution in [0.5, 0.6) is 0 Å². The van der Waals surface area contributed by atoms with E-state index in [0.29, 0.717) is 18.8 Å². The summed E-state index contributed by atoms with van der Waals surface area (Å²) in [6.45, 7) is 4.62. The van der Waals surface area contributed by atoms with Crippen molar-refractivity contribution in [2.75, 3.05) is 19.8 Å². The Labute approximate surface area is 123 Å². The van der Waals surface area contributed by atoms with Gasteiger partial charge in [0.2, 0.25) is 10.0 Å². The summed E-state index contributed by atoms with van der Waals surface area (Å²) in [7, 11) is -3.73. The maximum absolute atomic E-state index is 12.4. The number of rotatable bonds is 5. The van der Waals surface area contributed by atoms with Gasteiger partial charge in [-0.2, -0.15) is 0 Å². The van der Waals surface area contributed by atoms with Crippen LogP contribution in [0, 0.1) is 19.8 Å². The lowest BCUT2D eigenvalue weighted by Gasteiger charge is -2.22. The highest BCUT2D eigenvalue weighted by Gasteiger charge is 2.27. The van der Waals surface area contributed by atoms with Crippen molar-refractivity contribution in [3.63, 3.8) is 0 Å². The third-order valence-electron chi connectivity index (χ3n) is 3.67. The van der Waals surface area contributed by atoms with Gasteiger partial charge in [0.15, 0.2) is 0 Å². The van der Waals surface area contributed by atoms with Crippen molar-refractivity contribution in [1.29, 1.82) is 0 Å². The first-order valence-corrected chi connectivity index (χ1v) is 8.31. The zero-order valence-electron chi connectivity index (χ0n) is 12.1. The Bertz CT molecular complexity index is 629. The smallest absolute Gasteiger partial charge is 0.352 e. The Morgan fingerprint density at radius 1 is 1.48 bits per heavy atom. The number of nitrogens with one attached hydrogen (secondary N) is 2. The highest BCUT2D eigenvalue weighted by atomic mass is 32.2. The summed E-state index contributed by atoms with van der Waals surface area (Å²) in [4.78, 5) is 13.7. The van der Waals surface area contributed by atoms with Gasteiger partial charge in [-0.1, -0.05) is 0 Å². The number of carbonyl (C=O) groups is 1. The van der Waals surface area contributed by atoms with E-state index in [0.717, 1.165) is 19.4 Å². The minimum atomic E-state index is -3.73. The Kier molecular flexibility index (Phi) is 4.70. The summed E-state index contributed by atoms with van der Waals surface area (Å²) in [5.74, 6) is -1.01. The molecule has 3 N–H and O–H groups in total. The lowest BCUT2D eigenvalue weighted by Crippen LogP contribution is -2.33. The van der Waals surface area contributed by atoms with E-state index in [2.05, 4.69) is 9.71 Å². The van der Waals surface area contributed by atoms with E-state index in [4.69, 9.17) is 9.84 Å². The molecule has 1 aromatic heterocycles. The number of aromatic nitrogens is 1. The van der Waals surface area contributed by atoms with Crippen molar-refractivity contribution < 1.29 is 23.1 Å². The molecular formula is C13H20N2O5S. The maximum atomic E-state index is 12.4. The third kappa shape index (κ3) is 3.45. The molecule has 118 valence electrons. The van der Waals surface area contributed by atoms with E-state index in [-0.39, 0.29) is 22.1 Å². The van der Waals surface area contributed by atoms with E-state index in [1.54, 1.807) is 6.92 Å². The second-order valence-electron chi connectivity index (χ2n) is 5.32. The van der Waals surface area contributed by atoms with E-state index in [1.165, 1.54) is 6.92 Å². The van der Waals surface area contributed by atoms with Crippen LogP contribution in [0.15, 0.2) is 4.90 Å². The molecule has 0 amide bonds. The average Bonchev–Trinajstić information content (AvgIpc) is 2.74. The largest absolute Gasteiger partial charge is 0.477 e. The number of carboxylic acids is 1. The summed E-state index contributed by atoms with van der Waals surface area (Å²) < 4.78 is 32.7. The molecule has 8 heteroatoms. The maximum Gasteiger partial charge on any atom is 0.352 e. The fraction of sp³-hybridized carbons (Fsp3) is 0.615. The van der Waals surface area contributed by atoms with Crippen LogP contribution in [-0.4, -0.2) is 44.2 Å². The molecule has 1 aromatic rings. The van der Waals surface area contributed by atoms with Crippen molar-refractivity contribution in [3.8, 4) is 0 Å². The van der Waals surface area contributed by atoms with Crippen LogP contribution in [-0.2, 0) is 14.8 Å². The van der Waals surface area contributed by atoms with Crippen LogP contribution in [0.3, 0.4) is 0 Å². The van der Waals surface area contributed by atoms with Crippen molar-refractivity contribution in [2.45, 2.75) is 31.6 Å². The molecule has 0 spiro atoms. The molecule has 1 saturated heterocycles. The van der Waals surface area contributed by atoms with Crippen molar-refractivity contribution in [3.05, 3.63) is 17.0 Å². The van der Waals surface area contributed by atoms with E-state index in [1.807, 2.05) is 0 Å². The monoisotopic (exact) mass is 316 g/mol. The van der Waals surface area contributed by atoms with Gasteiger partial charge in [0.25, 0.3) is 0 Å². The Morgan fingerprint density at radius 3 is 2.71 bits per heavy atom. The van der Waals surface area contributed by atoms with Crippen molar-refractivity contribution in [2.24, 2.45) is 5.92 Å². The van der Waals surface area contributed by atoms with Gasteiger partial charge in [0.05, 0.1) is 6.61 Å². The molecule has 1 aliphatic heterocycles. The summed E-state index contributed by atoms with van der Waals surface area (Å²) >= 11 is 0. The molecule has 1 aliphatic rings. The first kappa shape index (κ1) is 16.0. The van der Waals surface area contributed by atoms with Gasteiger partial charge in [-0.15, -0.1) is 0 Å². The molecule has 2 heterocycles. The van der Waals surface area contributed by atoms with Crippen LogP contribution in [0.25, 0.3) is 0 Å². The normalized spacial score (nSPS) is 19.6. The molecule has 1 unspecified atom stereocenters. The third-order valence-corrected chi connectivity index (χ3v) is 5.36. The zero-order valence-corrected chi connectivity index (χ0v) is 12.9. The van der Waals surface area contributed by atoms with Crippen LogP contribution < -0.4 is 4.72 Å². The van der Waals surface area contributed by atoms with Gasteiger partial charge in [0.1, 0.15) is 10.6 Å². The SMILES string of the molecule is Cc1[nH]c(C(=O)O)c(C)c1S(=O)(=O)NCC1CCCOC1. The van der Waals surface area contributed by atoms with Crippen LogP contribution in [0.2, 0.25) is 0 Å². The highest BCUT2D eigenvalue weighted by molar-refractivity contribution is 7.89. The summed E-state index contributed by atoms with van der Waals surface area (Å²) in [5, 5.41) is 9.04. The number of H-pyrrole nitrogens is 1. The van der Waals surface area contributed by atoms with Crippen molar-refractivity contribution in [1.82, 2.24) is 9.71 Å². The zero-order chi connectivity index (χ0) is 15.6. The van der Waals surface area contributed by atoms with Gasteiger partial charge in [-0.3, -0.25) is 0 Å². The van der Waals surface area contributed by atoms with Gasteiger partial charge in [-0.05, 0) is 32.6 Å². The predicted octanol–water partition coefficient (Wildman–Crippen LogP) is 1.03. The van der Waals surface area contributed by atoms with Gasteiger partial charge >= 0.3 is 5.97 Å². The van der Waals surface area contributed by atoms with Crippen molar-refractivity contribution >= 4 is 16.0 Å². The fourth-order valence-electron chi connectivity index (χ4n) is 2.62. The number of aryl methyl sites for hydroxylation is 1. The second-order valence-corrected chi connectivity index (χ2v) is 7.02. The number of sulfonamides is 1. The van der Waals surface area contributed by atoms with Gasteiger partial charge in [-0.25, -0.2) is 17.9 Å². The van der Waals surface area contributed by atoms with E-state index >= 15 is 0 Å². The number of carboxylic acid groups (broad SMARTS) is 1. The Balaban J connectivity index is 2.17. The minimum absolute atomic E-state index is 0.0247. The topological polar surface area (TPSA) is 108 Å². The molecule has 21 heavy (non-hydrogen) atoms. The van der Waals surface area contributed by atoms with Gasteiger partial charge < -0.3 is 14.8 Å². The van der Waals surface area contributed by atoms with E-state index < -0.39 is 16.0 Å². The number of hydrogen-bond donors (Lipinski definition) is 3. The number of aromatic amines is 1. The standard InChI is InChI=1S/C13H20N2O5S/c1-8-11(13(16)17)15-9(2)12(8)21(18,19)14-6-10-4-3-5-20-7-10/h10,14-15H,3-7H2,1-2H3,(H,16,17). The van der Waals surface area contributed by atoms with Gasteiger partial charge in [0, 0.05) is 24.4 Å². The lowest BCUT2D eigenvalue weighted by atomic mass is 10.0. The lowest BCUT2D eigenvalue weighted by molar-refractivity contribution is 0.0568. The van der Waals surface area contributed by atoms with E-state index in [9.17, 15) is 13.2 Å². The molecular weight excluding hydrogens is 296 g/mol. The molecule has 1 atom stereocenters. The summed E-state index contributed by atoms with van der Waals surface area (Å²) in [6.07, 6.45) is 1.85. The minimum Gasteiger partial charge on any atom is -0.477 e. The first-order chi connectivity index (χ1) is 9.83. The second kappa shape index (κ2) is 6.17. The number of hydrogen-bond acceptors (Lipinski definition) is 4. The Hall–Kier alpha value is -1.38. The molecule has 0 saturated carbocycles. The summed E-state index contributed by atoms with van der Waals surface area (Å²) in [5.41, 5.74) is 0.471. The van der Waals surface area contributed by atoms with Crippen LogP contribution in [0.1, 0.15) is 34.6 Å². The molecule has 0 aliphatic carbocycles. The number of ether oxygens (including phenoxy) is 1. The molecule has 0 bridgehead atoms. The quantitative estimate of drug-likeness (QED) is 0.752. The average molecular weight is 316 g/mol. The molecule has 1 fully saturated rings.